The topological polar surface area (TPSA) is 130 Å². The third-order valence-electron chi connectivity index (χ3n) is 6.53. The molecule has 0 saturated carbocycles. The number of nitrogens with one attached hydrogen (secondary N) is 2. The zero-order valence-corrected chi connectivity index (χ0v) is 27.2. The van der Waals surface area contributed by atoms with Gasteiger partial charge in [0.25, 0.3) is 11.8 Å². The molecule has 1 heterocycles. The average molecular weight is 632 g/mol. The lowest BCUT2D eigenvalue weighted by Crippen LogP contribution is -2.32. The highest BCUT2D eigenvalue weighted by Crippen LogP contribution is 2.32. The molecule has 0 aliphatic carbocycles. The van der Waals surface area contributed by atoms with E-state index >= 15 is 0 Å². The van der Waals surface area contributed by atoms with Crippen LogP contribution < -0.4 is 10.6 Å². The molecule has 43 heavy (non-hydrogen) atoms. The molecule has 0 atom stereocenters. The van der Waals surface area contributed by atoms with Gasteiger partial charge in [0, 0.05) is 55.0 Å². The molecule has 0 spiro atoms. The molecule has 1 aliphatic heterocycles. The lowest BCUT2D eigenvalue weighted by Gasteiger charge is -2.18. The van der Waals surface area contributed by atoms with E-state index in [0.717, 1.165) is 25.0 Å². The first-order valence-electron chi connectivity index (χ1n) is 14.9. The summed E-state index contributed by atoms with van der Waals surface area (Å²) in [4.78, 5) is 73.4. The fourth-order valence-electron chi connectivity index (χ4n) is 4.25. The second-order valence-electron chi connectivity index (χ2n) is 11.8. The first-order chi connectivity index (χ1) is 20.4. The highest BCUT2D eigenvalue weighted by molar-refractivity contribution is 8.76. The predicted molar refractivity (Wildman–Crippen MR) is 171 cm³/mol. The molecule has 2 N–H and O–H groups in total. The van der Waals surface area contributed by atoms with Gasteiger partial charge in [-0.25, -0.2) is 0 Å². The monoisotopic (exact) mass is 631 g/mol. The number of amides is 4. The number of hydrogen-bond donors (Lipinski definition) is 2. The van der Waals surface area contributed by atoms with E-state index in [-0.39, 0.29) is 73.0 Å². The summed E-state index contributed by atoms with van der Waals surface area (Å²) < 4.78 is 0. The molecular weight excluding hydrogens is 587 g/mol. The van der Waals surface area contributed by atoms with Gasteiger partial charge in [-0.2, -0.15) is 0 Å². The minimum atomic E-state index is -0.362. The fraction of sp³-hybridized carbons (Fsp3) is 0.562. The Balaban J connectivity index is 1.42. The second kappa shape index (κ2) is 19.4. The third-order valence-corrected chi connectivity index (χ3v) is 9.00. The normalized spacial score (nSPS) is 13.0. The summed E-state index contributed by atoms with van der Waals surface area (Å²) in [5, 5.41) is 5.13. The Labute approximate surface area is 263 Å². The Bertz CT molecular complexity index is 1130. The molecule has 1 aromatic carbocycles. The zero-order valence-electron chi connectivity index (χ0n) is 25.6. The maximum absolute atomic E-state index is 12.1. The van der Waals surface area contributed by atoms with E-state index < -0.39 is 0 Å². The number of carbonyl (C=O) groups excluding carboxylic acids is 6. The van der Waals surface area contributed by atoms with Crippen molar-refractivity contribution in [3.63, 3.8) is 0 Å². The van der Waals surface area contributed by atoms with Crippen LogP contribution in [-0.2, 0) is 35.2 Å². The maximum Gasteiger partial charge on any atom is 0.253 e. The Morgan fingerprint density at radius 2 is 1.30 bits per heavy atom. The molecule has 0 unspecified atom stereocenters. The molecule has 1 aliphatic rings. The minimum absolute atomic E-state index is 0.0135. The Kier molecular flexibility index (Phi) is 16.3. The second-order valence-corrected chi connectivity index (χ2v) is 14.3. The van der Waals surface area contributed by atoms with Crippen LogP contribution in [0.2, 0.25) is 0 Å². The van der Waals surface area contributed by atoms with Crippen LogP contribution in [0, 0.1) is 5.41 Å². The standard InChI is InChI=1S/C32H45N3O6S2/c1-32(2,3)21-24-11-14-27(15-12-24)43-42-20-8-6-9-25(36)22-34-29(39)16-13-26(37)23-33-28(38)10-5-4-7-19-35-30(40)17-18-31(35)41/h11-12,14-15,17-18H,4-10,13,16,19-23H2,1-3H3,(H,33,38)(H,34,39). The van der Waals surface area contributed by atoms with Crippen LogP contribution in [0.3, 0.4) is 0 Å². The van der Waals surface area contributed by atoms with Gasteiger partial charge in [-0.15, -0.1) is 0 Å². The van der Waals surface area contributed by atoms with Crippen LogP contribution in [-0.4, -0.2) is 65.5 Å². The van der Waals surface area contributed by atoms with Gasteiger partial charge >= 0.3 is 0 Å². The summed E-state index contributed by atoms with van der Waals surface area (Å²) in [6.45, 7) is 6.84. The van der Waals surface area contributed by atoms with E-state index in [2.05, 4.69) is 55.7 Å². The van der Waals surface area contributed by atoms with Gasteiger partial charge in [0.1, 0.15) is 0 Å². The molecule has 0 bridgehead atoms. The molecule has 2 rings (SSSR count). The first kappa shape index (κ1) is 36.3. The van der Waals surface area contributed by atoms with Crippen LogP contribution in [0.5, 0.6) is 0 Å². The molecule has 9 nitrogen and oxygen atoms in total. The number of nitrogens with zero attached hydrogens (tertiary/aromatic N) is 1. The molecule has 0 saturated heterocycles. The number of rotatable bonds is 21. The van der Waals surface area contributed by atoms with E-state index in [0.29, 0.717) is 32.2 Å². The molecule has 236 valence electrons. The predicted octanol–water partition coefficient (Wildman–Crippen LogP) is 4.82. The highest BCUT2D eigenvalue weighted by Gasteiger charge is 2.22. The number of benzene rings is 1. The summed E-state index contributed by atoms with van der Waals surface area (Å²) in [6.07, 6.45) is 7.66. The summed E-state index contributed by atoms with van der Waals surface area (Å²) >= 11 is 0. The van der Waals surface area contributed by atoms with Crippen molar-refractivity contribution in [2.75, 3.05) is 25.4 Å². The van der Waals surface area contributed by atoms with Crippen molar-refractivity contribution in [3.8, 4) is 0 Å². The van der Waals surface area contributed by atoms with Crippen molar-refractivity contribution >= 4 is 56.8 Å². The lowest BCUT2D eigenvalue weighted by atomic mass is 9.88. The average Bonchev–Trinajstić information content (AvgIpc) is 3.27. The Hall–Kier alpha value is -2.92. The number of ketones is 2. The number of hydrogen-bond acceptors (Lipinski definition) is 8. The molecule has 4 amide bonds. The molecule has 11 heteroatoms. The van der Waals surface area contributed by atoms with Crippen molar-refractivity contribution < 1.29 is 28.8 Å². The molecular formula is C32H45N3O6S2. The van der Waals surface area contributed by atoms with Crippen LogP contribution in [0.15, 0.2) is 41.3 Å². The van der Waals surface area contributed by atoms with Crippen molar-refractivity contribution in [2.24, 2.45) is 5.41 Å². The van der Waals surface area contributed by atoms with Gasteiger partial charge < -0.3 is 10.6 Å². The zero-order chi connectivity index (χ0) is 31.7. The SMILES string of the molecule is CC(C)(C)Cc1ccc(SSCCCCC(=O)CNC(=O)CCC(=O)CNC(=O)CCCCCN2C(=O)C=CC2=O)cc1. The number of Topliss-reactive ketones (excluding diaryl/α,β-unsaturated/α-hetero) is 2. The van der Waals surface area contributed by atoms with Gasteiger partial charge in [0.2, 0.25) is 11.8 Å². The quantitative estimate of drug-likeness (QED) is 0.112. The summed E-state index contributed by atoms with van der Waals surface area (Å²) in [7, 11) is 3.52. The number of imide groups is 1. The highest BCUT2D eigenvalue weighted by atomic mass is 33.1. The maximum atomic E-state index is 12.1. The van der Waals surface area contributed by atoms with Gasteiger partial charge in [-0.3, -0.25) is 33.7 Å². The van der Waals surface area contributed by atoms with Gasteiger partial charge in [0.15, 0.2) is 11.6 Å². The number of unbranched alkanes of at least 4 members (excludes halogenated alkanes) is 3. The van der Waals surface area contributed by atoms with Crippen molar-refractivity contribution in [2.45, 2.75) is 89.9 Å². The van der Waals surface area contributed by atoms with Gasteiger partial charge in [-0.05, 0) is 55.2 Å². The first-order valence-corrected chi connectivity index (χ1v) is 17.2. The van der Waals surface area contributed by atoms with Crippen LogP contribution in [0.4, 0.5) is 0 Å². The van der Waals surface area contributed by atoms with E-state index in [4.69, 9.17) is 0 Å². The molecule has 0 fully saturated rings. The smallest absolute Gasteiger partial charge is 0.253 e. The molecule has 0 radical (unpaired) electrons. The van der Waals surface area contributed by atoms with Crippen molar-refractivity contribution in [1.82, 2.24) is 15.5 Å². The van der Waals surface area contributed by atoms with E-state index in [1.54, 1.807) is 21.6 Å². The lowest BCUT2D eigenvalue weighted by molar-refractivity contribution is -0.137. The number of carbonyl (C=O) groups is 6. The fourth-order valence-corrected chi connectivity index (χ4v) is 6.39. The van der Waals surface area contributed by atoms with Crippen molar-refractivity contribution in [3.05, 3.63) is 42.0 Å². The molecule has 0 aromatic heterocycles. The van der Waals surface area contributed by atoms with E-state index in [1.165, 1.54) is 27.5 Å². The summed E-state index contributed by atoms with van der Waals surface area (Å²) in [6, 6.07) is 8.69. The van der Waals surface area contributed by atoms with E-state index in [1.807, 2.05) is 0 Å². The third kappa shape index (κ3) is 16.5. The summed E-state index contributed by atoms with van der Waals surface area (Å²) in [5.41, 5.74) is 1.62. The van der Waals surface area contributed by atoms with Crippen molar-refractivity contribution in [1.29, 1.82) is 0 Å². The van der Waals surface area contributed by atoms with Crippen LogP contribution in [0.25, 0.3) is 0 Å². The van der Waals surface area contributed by atoms with E-state index in [9.17, 15) is 28.8 Å². The van der Waals surface area contributed by atoms with Gasteiger partial charge in [0.05, 0.1) is 13.1 Å². The molecule has 1 aromatic rings. The Morgan fingerprint density at radius 3 is 1.93 bits per heavy atom. The Morgan fingerprint density at radius 1 is 0.721 bits per heavy atom. The summed E-state index contributed by atoms with van der Waals surface area (Å²) in [5.74, 6) is -0.608. The van der Waals surface area contributed by atoms with Gasteiger partial charge in [-0.1, -0.05) is 60.9 Å². The van der Waals surface area contributed by atoms with Crippen LogP contribution in [0.1, 0.15) is 84.1 Å². The largest absolute Gasteiger partial charge is 0.349 e. The minimum Gasteiger partial charge on any atom is -0.349 e. The van der Waals surface area contributed by atoms with Crippen LogP contribution >= 0.6 is 21.6 Å².